The number of nitrogens with zero attached hydrogens (tertiary/aromatic N) is 2. The summed E-state index contributed by atoms with van der Waals surface area (Å²) < 4.78 is 45.8. The summed E-state index contributed by atoms with van der Waals surface area (Å²) in [7, 11) is 1.45. The van der Waals surface area contributed by atoms with E-state index in [1.807, 2.05) is 0 Å². The van der Waals surface area contributed by atoms with Crippen LogP contribution in [0.1, 0.15) is 22.0 Å². The van der Waals surface area contributed by atoms with Crippen LogP contribution in [0.5, 0.6) is 0 Å². The van der Waals surface area contributed by atoms with Crippen molar-refractivity contribution in [3.63, 3.8) is 0 Å². The molecule has 0 fully saturated rings. The van der Waals surface area contributed by atoms with Crippen molar-refractivity contribution in [2.75, 3.05) is 0 Å². The Bertz CT molecular complexity index is 991. The zero-order valence-electron chi connectivity index (χ0n) is 12.9. The van der Waals surface area contributed by atoms with Crippen LogP contribution in [0, 0.1) is 0 Å². The van der Waals surface area contributed by atoms with Crippen LogP contribution in [0.25, 0.3) is 10.9 Å². The number of alkyl halides is 3. The molecule has 1 N–H and O–H groups in total. The van der Waals surface area contributed by atoms with Crippen molar-refractivity contribution in [2.24, 2.45) is 7.05 Å². The van der Waals surface area contributed by atoms with Crippen molar-refractivity contribution < 1.29 is 22.7 Å². The smallest absolute Gasteiger partial charge is 0.429 e. The monoisotopic (exact) mass is 351 g/mol. The molecule has 1 aromatic carbocycles. The van der Waals surface area contributed by atoms with Gasteiger partial charge in [-0.25, -0.2) is 4.79 Å². The molecule has 0 unspecified atom stereocenters. The number of nitrogens with one attached hydrogen (secondary N) is 1. The highest BCUT2D eigenvalue weighted by Gasteiger charge is 2.45. The molecule has 6 nitrogen and oxygen atoms in total. The third-order valence-electron chi connectivity index (χ3n) is 3.52. The Labute approximate surface area is 138 Å². The number of benzene rings is 1. The summed E-state index contributed by atoms with van der Waals surface area (Å²) in [6.45, 7) is 0. The number of ether oxygens (including phenoxy) is 1. The Morgan fingerprint density at radius 1 is 1.32 bits per heavy atom. The van der Waals surface area contributed by atoms with E-state index < -0.39 is 23.8 Å². The van der Waals surface area contributed by atoms with Crippen molar-refractivity contribution in [3.8, 4) is 0 Å². The van der Waals surface area contributed by atoms with Crippen LogP contribution in [0.4, 0.5) is 13.2 Å². The van der Waals surface area contributed by atoms with Crippen LogP contribution >= 0.6 is 0 Å². The summed E-state index contributed by atoms with van der Waals surface area (Å²) >= 11 is 0. The summed E-state index contributed by atoms with van der Waals surface area (Å²) in [5.74, 6) is -1.24. The molecule has 3 aromatic rings. The number of carbonyl (C=O) groups is 1. The van der Waals surface area contributed by atoms with Gasteiger partial charge >= 0.3 is 12.1 Å². The maximum atomic E-state index is 13.3. The number of para-hydroxylation sites is 1. The first-order valence-electron chi connectivity index (χ1n) is 7.14. The van der Waals surface area contributed by atoms with Crippen LogP contribution in [-0.4, -0.2) is 26.9 Å². The summed E-state index contributed by atoms with van der Waals surface area (Å²) in [6.07, 6.45) is -5.22. The molecule has 0 saturated carbocycles. The van der Waals surface area contributed by atoms with Gasteiger partial charge in [0, 0.05) is 35.8 Å². The van der Waals surface area contributed by atoms with Crippen molar-refractivity contribution in [3.05, 3.63) is 64.2 Å². The Morgan fingerprint density at radius 2 is 2.04 bits per heavy atom. The van der Waals surface area contributed by atoms with Gasteiger partial charge in [0.1, 0.15) is 0 Å². The third kappa shape index (κ3) is 3.39. The van der Waals surface area contributed by atoms with Gasteiger partial charge in [0.25, 0.3) is 0 Å². The maximum absolute atomic E-state index is 13.3. The topological polar surface area (TPSA) is 77.0 Å². The second-order valence-electron chi connectivity index (χ2n) is 5.37. The van der Waals surface area contributed by atoms with E-state index in [2.05, 4.69) is 10.1 Å². The van der Waals surface area contributed by atoms with E-state index in [9.17, 15) is 22.8 Å². The standard InChI is InChI=1S/C16H12F3N3O3/c1-22-8-9(7-20-22)14(16(17,18)19)25-15(24)11-6-13(23)21-12-5-3-2-4-10(11)12/h2-8,14H,1H3,(H,21,23)/t14-/m1/s1. The number of fused-ring (bicyclic) bond motifs is 1. The summed E-state index contributed by atoms with van der Waals surface area (Å²) in [4.78, 5) is 26.5. The van der Waals surface area contributed by atoms with E-state index in [4.69, 9.17) is 4.74 Å². The van der Waals surface area contributed by atoms with Gasteiger partial charge in [-0.2, -0.15) is 18.3 Å². The number of pyridine rings is 1. The van der Waals surface area contributed by atoms with Crippen LogP contribution in [0.15, 0.2) is 47.5 Å². The molecule has 130 valence electrons. The fraction of sp³-hybridized carbons (Fsp3) is 0.188. The summed E-state index contributed by atoms with van der Waals surface area (Å²) in [5.41, 5.74) is -0.836. The van der Waals surface area contributed by atoms with Gasteiger partial charge in [-0.1, -0.05) is 18.2 Å². The first-order valence-corrected chi connectivity index (χ1v) is 7.14. The first kappa shape index (κ1) is 16.7. The number of esters is 1. The third-order valence-corrected chi connectivity index (χ3v) is 3.52. The number of aromatic nitrogens is 3. The molecule has 0 aliphatic carbocycles. The lowest BCUT2D eigenvalue weighted by Gasteiger charge is -2.19. The van der Waals surface area contributed by atoms with Gasteiger partial charge in [0.2, 0.25) is 11.7 Å². The lowest BCUT2D eigenvalue weighted by atomic mass is 10.1. The molecular weight excluding hydrogens is 339 g/mol. The average Bonchev–Trinajstić information content (AvgIpc) is 2.96. The molecule has 0 saturated heterocycles. The SMILES string of the molecule is Cn1cc([C@@H](OC(=O)c2cc(=O)[nH]c3ccccc23)C(F)(F)F)cn1. The summed E-state index contributed by atoms with van der Waals surface area (Å²) in [5, 5.41) is 3.96. The summed E-state index contributed by atoms with van der Waals surface area (Å²) in [6, 6.07) is 7.19. The number of H-pyrrole nitrogens is 1. The Kier molecular flexibility index (Phi) is 4.07. The minimum atomic E-state index is -4.82. The number of hydrogen-bond acceptors (Lipinski definition) is 4. The van der Waals surface area contributed by atoms with E-state index >= 15 is 0 Å². The second kappa shape index (κ2) is 6.08. The molecule has 0 aliphatic heterocycles. The zero-order valence-corrected chi connectivity index (χ0v) is 12.9. The lowest BCUT2D eigenvalue weighted by Crippen LogP contribution is -2.26. The molecule has 0 bridgehead atoms. The van der Waals surface area contributed by atoms with Gasteiger partial charge < -0.3 is 9.72 Å². The normalized spacial score (nSPS) is 13.0. The molecule has 9 heteroatoms. The first-order chi connectivity index (χ1) is 11.8. The molecule has 0 spiro atoms. The number of aromatic amines is 1. The highest BCUT2D eigenvalue weighted by Crippen LogP contribution is 2.36. The van der Waals surface area contributed by atoms with Gasteiger partial charge in [-0.15, -0.1) is 0 Å². The fourth-order valence-corrected chi connectivity index (χ4v) is 2.44. The second-order valence-corrected chi connectivity index (χ2v) is 5.37. The lowest BCUT2D eigenvalue weighted by molar-refractivity contribution is -0.207. The van der Waals surface area contributed by atoms with Gasteiger partial charge in [0.15, 0.2) is 0 Å². The molecule has 2 heterocycles. The van der Waals surface area contributed by atoms with Crippen LogP contribution < -0.4 is 5.56 Å². The van der Waals surface area contributed by atoms with Crippen molar-refractivity contribution in [2.45, 2.75) is 12.3 Å². The molecule has 0 aliphatic rings. The molecule has 0 amide bonds. The van der Waals surface area contributed by atoms with Gasteiger partial charge in [0.05, 0.1) is 11.8 Å². The van der Waals surface area contributed by atoms with E-state index in [1.165, 1.54) is 23.9 Å². The number of halogens is 3. The molecule has 2 aromatic heterocycles. The van der Waals surface area contributed by atoms with E-state index in [0.717, 1.165) is 18.5 Å². The quantitative estimate of drug-likeness (QED) is 0.736. The Balaban J connectivity index is 2.02. The number of hydrogen-bond donors (Lipinski definition) is 1. The van der Waals surface area contributed by atoms with Gasteiger partial charge in [-0.05, 0) is 6.07 Å². The minimum absolute atomic E-state index is 0.238. The van der Waals surface area contributed by atoms with E-state index in [0.29, 0.717) is 10.9 Å². The highest BCUT2D eigenvalue weighted by molar-refractivity contribution is 6.03. The molecule has 0 radical (unpaired) electrons. The van der Waals surface area contributed by atoms with Crippen LogP contribution in [0.3, 0.4) is 0 Å². The molecule has 1 atom stereocenters. The largest absolute Gasteiger partial charge is 0.444 e. The van der Waals surface area contributed by atoms with Crippen molar-refractivity contribution in [1.82, 2.24) is 14.8 Å². The average molecular weight is 351 g/mol. The molecule has 25 heavy (non-hydrogen) atoms. The van der Waals surface area contributed by atoms with Crippen molar-refractivity contribution >= 4 is 16.9 Å². The van der Waals surface area contributed by atoms with Crippen molar-refractivity contribution in [1.29, 1.82) is 0 Å². The minimum Gasteiger partial charge on any atom is -0.444 e. The Hall–Kier alpha value is -3.10. The van der Waals surface area contributed by atoms with Crippen LogP contribution in [0.2, 0.25) is 0 Å². The zero-order chi connectivity index (χ0) is 18.2. The predicted molar refractivity (Wildman–Crippen MR) is 82.0 cm³/mol. The molecule has 3 rings (SSSR count). The highest BCUT2D eigenvalue weighted by atomic mass is 19.4. The Morgan fingerprint density at radius 3 is 2.68 bits per heavy atom. The van der Waals surface area contributed by atoms with Gasteiger partial charge in [-0.3, -0.25) is 9.48 Å². The predicted octanol–water partition coefficient (Wildman–Crippen LogP) is 2.72. The van der Waals surface area contributed by atoms with E-state index in [1.54, 1.807) is 12.1 Å². The number of rotatable bonds is 3. The molecular formula is C16H12F3N3O3. The number of carbonyl (C=O) groups excluding carboxylic acids is 1. The van der Waals surface area contributed by atoms with Crippen LogP contribution in [-0.2, 0) is 11.8 Å². The maximum Gasteiger partial charge on any atom is 0.429 e. The van der Waals surface area contributed by atoms with E-state index in [-0.39, 0.29) is 11.1 Å². The fourth-order valence-electron chi connectivity index (χ4n) is 2.44. The number of aryl methyl sites for hydroxylation is 1.